The van der Waals surface area contributed by atoms with Crippen molar-refractivity contribution in [2.75, 3.05) is 18.0 Å². The third kappa shape index (κ3) is 4.73. The number of hydrogen-bond acceptors (Lipinski definition) is 5. The highest BCUT2D eigenvalue weighted by atomic mass is 19.4. The Morgan fingerprint density at radius 1 is 1.22 bits per heavy atom. The molecule has 188 valence electrons. The maximum atomic E-state index is 13.0. The Bertz CT molecular complexity index is 1320. The van der Waals surface area contributed by atoms with Crippen molar-refractivity contribution in [1.29, 1.82) is 0 Å². The number of alkyl halides is 3. The van der Waals surface area contributed by atoms with E-state index in [1.807, 2.05) is 12.1 Å². The van der Waals surface area contributed by atoms with Crippen LogP contribution in [-0.2, 0) is 22.4 Å². The fourth-order valence-electron chi connectivity index (χ4n) is 4.68. The van der Waals surface area contributed by atoms with E-state index in [2.05, 4.69) is 20.3 Å². The van der Waals surface area contributed by atoms with E-state index in [9.17, 15) is 22.8 Å². The highest BCUT2D eigenvalue weighted by Gasteiger charge is 2.34. The summed E-state index contributed by atoms with van der Waals surface area (Å²) in [5.74, 6) is -0.502. The molecule has 1 saturated heterocycles. The normalized spacial score (nSPS) is 17.2. The van der Waals surface area contributed by atoms with E-state index >= 15 is 0 Å². The molecule has 0 bridgehead atoms. The van der Waals surface area contributed by atoms with Crippen LogP contribution in [0.3, 0.4) is 0 Å². The molecule has 2 aromatic carbocycles. The molecule has 0 radical (unpaired) electrons. The zero-order valence-corrected chi connectivity index (χ0v) is 19.3. The molecule has 5 rings (SSSR count). The van der Waals surface area contributed by atoms with Gasteiger partial charge in [0.2, 0.25) is 5.91 Å². The minimum atomic E-state index is -4.82. The summed E-state index contributed by atoms with van der Waals surface area (Å²) in [5.41, 5.74) is 4.77. The lowest BCUT2D eigenvalue weighted by Gasteiger charge is -2.16. The van der Waals surface area contributed by atoms with E-state index in [1.54, 1.807) is 18.2 Å². The van der Waals surface area contributed by atoms with Crippen LogP contribution in [0.15, 0.2) is 42.5 Å². The van der Waals surface area contributed by atoms with Crippen LogP contribution in [0.25, 0.3) is 22.5 Å². The van der Waals surface area contributed by atoms with E-state index in [4.69, 9.17) is 4.74 Å². The van der Waals surface area contributed by atoms with Gasteiger partial charge in [-0.2, -0.15) is 5.10 Å². The molecule has 2 heterocycles. The van der Waals surface area contributed by atoms with Gasteiger partial charge in [-0.15, -0.1) is 13.2 Å². The average Bonchev–Trinajstić information content (AvgIpc) is 3.35. The van der Waals surface area contributed by atoms with Gasteiger partial charge in [0, 0.05) is 29.3 Å². The fourth-order valence-corrected chi connectivity index (χ4v) is 4.68. The van der Waals surface area contributed by atoms with Crippen molar-refractivity contribution in [3.63, 3.8) is 0 Å². The number of nitrogens with zero attached hydrogens (tertiary/aromatic N) is 2. The number of nitrogens with one attached hydrogen (secondary N) is 2. The van der Waals surface area contributed by atoms with Crippen LogP contribution in [0.1, 0.15) is 24.5 Å². The Morgan fingerprint density at radius 2 is 2.03 bits per heavy atom. The quantitative estimate of drug-likeness (QED) is 0.534. The lowest BCUT2D eigenvalue weighted by Crippen LogP contribution is -2.33. The standard InChI is InChI=1S/C25H23F3N4O4/c1-14(33)29-12-17-13-32(24(34)35-17)16-9-10-18-15(11-16)5-4-7-20-22(18)30-31-23(20)19-6-2-3-8-21(19)36-25(26,27)28/h2-3,6,8-11,17H,4-5,7,12-13H2,1H3,(H,29,33)(H,30,31)/t17-/m0/s1. The van der Waals surface area contributed by atoms with Crippen LogP contribution < -0.4 is 15.0 Å². The number of carbonyl (C=O) groups is 2. The number of anilines is 1. The van der Waals surface area contributed by atoms with Crippen molar-refractivity contribution >= 4 is 17.7 Å². The fraction of sp³-hybridized carbons (Fsp3) is 0.320. The van der Waals surface area contributed by atoms with Crippen LogP contribution in [0.4, 0.5) is 23.7 Å². The van der Waals surface area contributed by atoms with Crippen LogP contribution in [0.2, 0.25) is 0 Å². The number of aromatic amines is 1. The van der Waals surface area contributed by atoms with Crippen molar-refractivity contribution in [2.45, 2.75) is 38.7 Å². The maximum absolute atomic E-state index is 13.0. The van der Waals surface area contributed by atoms with Crippen LogP contribution in [0.5, 0.6) is 5.75 Å². The highest BCUT2D eigenvalue weighted by Crippen LogP contribution is 2.41. The Balaban J connectivity index is 1.45. The van der Waals surface area contributed by atoms with Gasteiger partial charge in [0.15, 0.2) is 0 Å². The number of halogens is 3. The lowest BCUT2D eigenvalue weighted by atomic mass is 9.99. The second-order valence-corrected chi connectivity index (χ2v) is 8.72. The molecule has 2 aliphatic rings. The molecular formula is C25H23F3N4O4. The van der Waals surface area contributed by atoms with Crippen molar-refractivity contribution in [3.8, 4) is 28.3 Å². The maximum Gasteiger partial charge on any atom is 0.573 e. The first-order chi connectivity index (χ1) is 17.2. The summed E-state index contributed by atoms with van der Waals surface area (Å²) in [6.45, 7) is 1.95. The summed E-state index contributed by atoms with van der Waals surface area (Å²) in [7, 11) is 0. The molecule has 1 aliphatic carbocycles. The van der Waals surface area contributed by atoms with E-state index < -0.39 is 18.6 Å². The number of amides is 2. The van der Waals surface area contributed by atoms with E-state index in [0.29, 0.717) is 30.8 Å². The second-order valence-electron chi connectivity index (χ2n) is 8.72. The summed E-state index contributed by atoms with van der Waals surface area (Å²) in [6, 6.07) is 11.6. The summed E-state index contributed by atoms with van der Waals surface area (Å²) >= 11 is 0. The number of aromatic nitrogens is 2. The number of hydrogen-bond donors (Lipinski definition) is 2. The minimum Gasteiger partial charge on any atom is -0.442 e. The van der Waals surface area contributed by atoms with Gasteiger partial charge in [0.05, 0.1) is 24.5 Å². The Kier molecular flexibility index (Phi) is 6.07. The van der Waals surface area contributed by atoms with Crippen molar-refractivity contribution in [3.05, 3.63) is 53.6 Å². The molecule has 36 heavy (non-hydrogen) atoms. The summed E-state index contributed by atoms with van der Waals surface area (Å²) in [4.78, 5) is 25.1. The monoisotopic (exact) mass is 500 g/mol. The predicted octanol–water partition coefficient (Wildman–Crippen LogP) is 4.59. The number of para-hydroxylation sites is 1. The van der Waals surface area contributed by atoms with Crippen LogP contribution >= 0.6 is 0 Å². The lowest BCUT2D eigenvalue weighted by molar-refractivity contribution is -0.274. The predicted molar refractivity (Wildman–Crippen MR) is 124 cm³/mol. The molecule has 0 unspecified atom stereocenters. The topological polar surface area (TPSA) is 96.5 Å². The van der Waals surface area contributed by atoms with Crippen LogP contribution in [-0.4, -0.2) is 47.8 Å². The number of ether oxygens (including phenoxy) is 2. The summed E-state index contributed by atoms with van der Waals surface area (Å²) < 4.78 is 48.5. The zero-order valence-electron chi connectivity index (χ0n) is 19.3. The SMILES string of the molecule is CC(=O)NC[C@H]1CN(c2ccc3c(c2)CCCc2c(-c4ccccc4OC(F)(F)F)n[nH]c2-3)C(=O)O1. The number of cyclic esters (lactones) is 1. The van der Waals surface area contributed by atoms with Crippen molar-refractivity contribution in [1.82, 2.24) is 15.5 Å². The molecular weight excluding hydrogens is 477 g/mol. The number of aryl methyl sites for hydroxylation is 1. The van der Waals surface area contributed by atoms with Gasteiger partial charge in [0.25, 0.3) is 0 Å². The molecule has 1 fully saturated rings. The molecule has 11 heteroatoms. The van der Waals surface area contributed by atoms with Crippen LogP contribution in [0, 0.1) is 0 Å². The number of fused-ring (bicyclic) bond motifs is 3. The summed E-state index contributed by atoms with van der Waals surface area (Å²) in [5, 5.41) is 10.0. The smallest absolute Gasteiger partial charge is 0.442 e. The highest BCUT2D eigenvalue weighted by molar-refractivity contribution is 5.91. The van der Waals surface area contributed by atoms with Gasteiger partial charge in [-0.25, -0.2) is 4.79 Å². The Hall–Kier alpha value is -4.02. The van der Waals surface area contributed by atoms with E-state index in [1.165, 1.54) is 24.0 Å². The molecule has 2 amide bonds. The second kappa shape index (κ2) is 9.21. The number of H-pyrrole nitrogens is 1. The average molecular weight is 500 g/mol. The van der Waals surface area contributed by atoms with Gasteiger partial charge < -0.3 is 14.8 Å². The van der Waals surface area contributed by atoms with Crippen molar-refractivity contribution < 1.29 is 32.2 Å². The zero-order chi connectivity index (χ0) is 25.4. The first kappa shape index (κ1) is 23.7. The molecule has 1 atom stereocenters. The molecule has 0 saturated carbocycles. The summed E-state index contributed by atoms with van der Waals surface area (Å²) in [6.07, 6.45) is -3.68. The Labute approximate surface area is 204 Å². The van der Waals surface area contributed by atoms with Gasteiger partial charge in [-0.05, 0) is 49.1 Å². The van der Waals surface area contributed by atoms with Gasteiger partial charge >= 0.3 is 12.5 Å². The third-order valence-corrected chi connectivity index (χ3v) is 6.23. The molecule has 2 N–H and O–H groups in total. The molecule has 0 spiro atoms. The van der Waals surface area contributed by atoms with Gasteiger partial charge in [-0.3, -0.25) is 14.8 Å². The molecule has 8 nitrogen and oxygen atoms in total. The number of rotatable bonds is 5. The molecule has 1 aromatic heterocycles. The molecule has 1 aliphatic heterocycles. The molecule has 3 aromatic rings. The minimum absolute atomic E-state index is 0.197. The van der Waals surface area contributed by atoms with Gasteiger partial charge in [-0.1, -0.05) is 18.2 Å². The van der Waals surface area contributed by atoms with Gasteiger partial charge in [0.1, 0.15) is 11.9 Å². The third-order valence-electron chi connectivity index (χ3n) is 6.23. The van der Waals surface area contributed by atoms with E-state index in [-0.39, 0.29) is 23.8 Å². The first-order valence-corrected chi connectivity index (χ1v) is 11.5. The first-order valence-electron chi connectivity index (χ1n) is 11.5. The van der Waals surface area contributed by atoms with Crippen molar-refractivity contribution in [2.24, 2.45) is 0 Å². The Morgan fingerprint density at radius 3 is 2.81 bits per heavy atom. The largest absolute Gasteiger partial charge is 0.573 e. The van der Waals surface area contributed by atoms with E-state index in [0.717, 1.165) is 28.8 Å². The number of benzene rings is 2. The number of carbonyl (C=O) groups excluding carboxylic acids is 2.